The molecule has 76 valence electrons. The number of hydrogen-bond acceptors (Lipinski definition) is 4. The zero-order valence-corrected chi connectivity index (χ0v) is 9.35. The highest BCUT2D eigenvalue weighted by Crippen LogP contribution is 2.17. The van der Waals surface area contributed by atoms with Gasteiger partial charge in [-0.1, -0.05) is 15.9 Å². The topological polar surface area (TPSA) is 38.2 Å². The molecule has 1 atom stereocenters. The summed E-state index contributed by atoms with van der Waals surface area (Å²) in [4.78, 5) is 10.4. The van der Waals surface area contributed by atoms with Crippen LogP contribution in [0.5, 0.6) is 0 Å². The average Bonchev–Trinajstić information content (AvgIpc) is 2.30. The molecule has 1 fully saturated rings. The smallest absolute Gasteiger partial charge is 0.132 e. The number of aromatic nitrogens is 2. The van der Waals surface area contributed by atoms with Crippen LogP contribution >= 0.6 is 15.9 Å². The van der Waals surface area contributed by atoms with Gasteiger partial charge in [0.15, 0.2) is 0 Å². The van der Waals surface area contributed by atoms with E-state index < -0.39 is 0 Å². The number of hydrogen-bond donors (Lipinski definition) is 0. The lowest BCUT2D eigenvalue weighted by atomic mass is 10.2. The van der Waals surface area contributed by atoms with Gasteiger partial charge in [0.05, 0.1) is 19.3 Å². The molecular formula is C9H12BrN3O. The first kappa shape index (κ1) is 9.86. The molecule has 4 nitrogen and oxygen atoms in total. The third kappa shape index (κ3) is 2.04. The Morgan fingerprint density at radius 2 is 2.57 bits per heavy atom. The first-order valence-corrected chi connectivity index (χ1v) is 5.70. The number of morpholine rings is 1. The van der Waals surface area contributed by atoms with Crippen LogP contribution in [0.15, 0.2) is 18.6 Å². The summed E-state index contributed by atoms with van der Waals surface area (Å²) >= 11 is 3.48. The summed E-state index contributed by atoms with van der Waals surface area (Å²) in [5, 5.41) is 0.900. The molecule has 1 aliphatic heterocycles. The van der Waals surface area contributed by atoms with Crippen LogP contribution in [0.4, 0.5) is 5.82 Å². The second kappa shape index (κ2) is 4.70. The minimum Gasteiger partial charge on any atom is -0.377 e. The van der Waals surface area contributed by atoms with E-state index in [1.165, 1.54) is 0 Å². The van der Waals surface area contributed by atoms with E-state index >= 15 is 0 Å². The van der Waals surface area contributed by atoms with Crippen LogP contribution in [0, 0.1) is 0 Å². The number of ether oxygens (including phenoxy) is 1. The van der Waals surface area contributed by atoms with E-state index in [1.54, 1.807) is 12.5 Å². The van der Waals surface area contributed by atoms with Gasteiger partial charge in [-0.05, 0) is 6.07 Å². The highest BCUT2D eigenvalue weighted by molar-refractivity contribution is 9.09. The van der Waals surface area contributed by atoms with Crippen LogP contribution in [0.3, 0.4) is 0 Å². The SMILES string of the molecule is BrCC1COCCN1c1ccncn1. The Morgan fingerprint density at radius 1 is 1.64 bits per heavy atom. The Labute approximate surface area is 91.4 Å². The summed E-state index contributed by atoms with van der Waals surface area (Å²) in [6.45, 7) is 2.43. The maximum Gasteiger partial charge on any atom is 0.132 e. The van der Waals surface area contributed by atoms with Crippen molar-refractivity contribution >= 4 is 21.7 Å². The lowest BCUT2D eigenvalue weighted by Crippen LogP contribution is -2.47. The Bertz CT molecular complexity index is 283. The molecule has 0 radical (unpaired) electrons. The van der Waals surface area contributed by atoms with Crippen molar-refractivity contribution in [2.75, 3.05) is 30.0 Å². The van der Waals surface area contributed by atoms with Crippen LogP contribution in [0.1, 0.15) is 0 Å². The standard InChI is InChI=1S/C9H12BrN3O/c10-5-8-6-14-4-3-13(8)9-1-2-11-7-12-9/h1-2,7-8H,3-6H2. The van der Waals surface area contributed by atoms with Crippen molar-refractivity contribution < 1.29 is 4.74 Å². The Morgan fingerprint density at radius 3 is 3.29 bits per heavy atom. The van der Waals surface area contributed by atoms with Crippen LogP contribution in [0.25, 0.3) is 0 Å². The van der Waals surface area contributed by atoms with Crippen molar-refractivity contribution in [3.63, 3.8) is 0 Å². The summed E-state index contributed by atoms with van der Waals surface area (Å²) in [5.41, 5.74) is 0. The maximum atomic E-state index is 5.41. The minimum absolute atomic E-state index is 0.374. The average molecular weight is 258 g/mol. The van der Waals surface area contributed by atoms with E-state index in [2.05, 4.69) is 30.8 Å². The monoisotopic (exact) mass is 257 g/mol. The summed E-state index contributed by atoms with van der Waals surface area (Å²) in [7, 11) is 0. The van der Waals surface area contributed by atoms with Crippen molar-refractivity contribution in [3.05, 3.63) is 18.6 Å². The van der Waals surface area contributed by atoms with Gasteiger partial charge in [0.1, 0.15) is 12.1 Å². The summed E-state index contributed by atoms with van der Waals surface area (Å²) in [6.07, 6.45) is 3.35. The van der Waals surface area contributed by atoms with E-state index in [0.717, 1.165) is 30.9 Å². The molecule has 0 bridgehead atoms. The second-order valence-electron chi connectivity index (χ2n) is 3.14. The van der Waals surface area contributed by atoms with Crippen molar-refractivity contribution in [2.24, 2.45) is 0 Å². The molecule has 0 aliphatic carbocycles. The fourth-order valence-electron chi connectivity index (χ4n) is 1.54. The van der Waals surface area contributed by atoms with Gasteiger partial charge in [-0.3, -0.25) is 0 Å². The van der Waals surface area contributed by atoms with Crippen LogP contribution in [-0.2, 0) is 4.74 Å². The van der Waals surface area contributed by atoms with Gasteiger partial charge < -0.3 is 9.64 Å². The van der Waals surface area contributed by atoms with Crippen molar-refractivity contribution in [2.45, 2.75) is 6.04 Å². The molecule has 5 heteroatoms. The predicted octanol–water partition coefficient (Wildman–Crippen LogP) is 1.08. The van der Waals surface area contributed by atoms with E-state index in [0.29, 0.717) is 6.04 Å². The highest BCUT2D eigenvalue weighted by atomic mass is 79.9. The lowest BCUT2D eigenvalue weighted by Gasteiger charge is -2.35. The molecule has 1 aliphatic rings. The molecule has 14 heavy (non-hydrogen) atoms. The zero-order chi connectivity index (χ0) is 9.80. The van der Waals surface area contributed by atoms with Gasteiger partial charge in [0.2, 0.25) is 0 Å². The van der Waals surface area contributed by atoms with Crippen LogP contribution in [0.2, 0.25) is 0 Å². The first-order chi connectivity index (χ1) is 6.92. The molecular weight excluding hydrogens is 246 g/mol. The Balaban J connectivity index is 2.15. The normalized spacial score (nSPS) is 22.4. The Kier molecular flexibility index (Phi) is 3.31. The number of halogens is 1. The third-order valence-corrected chi connectivity index (χ3v) is 3.01. The van der Waals surface area contributed by atoms with Gasteiger partial charge in [0, 0.05) is 18.1 Å². The largest absolute Gasteiger partial charge is 0.377 e. The van der Waals surface area contributed by atoms with Gasteiger partial charge >= 0.3 is 0 Å². The van der Waals surface area contributed by atoms with Gasteiger partial charge in [-0.15, -0.1) is 0 Å². The molecule has 0 aromatic carbocycles. The quantitative estimate of drug-likeness (QED) is 0.744. The van der Waals surface area contributed by atoms with Crippen molar-refractivity contribution in [1.82, 2.24) is 9.97 Å². The lowest BCUT2D eigenvalue weighted by molar-refractivity contribution is 0.1000. The van der Waals surface area contributed by atoms with E-state index in [9.17, 15) is 0 Å². The Hall–Kier alpha value is -0.680. The predicted molar refractivity (Wildman–Crippen MR) is 57.8 cm³/mol. The fraction of sp³-hybridized carbons (Fsp3) is 0.556. The molecule has 1 aromatic rings. The molecule has 0 saturated carbocycles. The number of nitrogens with zero attached hydrogens (tertiary/aromatic N) is 3. The van der Waals surface area contributed by atoms with Gasteiger partial charge in [0.25, 0.3) is 0 Å². The molecule has 2 heterocycles. The van der Waals surface area contributed by atoms with Crippen LogP contribution < -0.4 is 4.90 Å². The summed E-state index contributed by atoms with van der Waals surface area (Å²) in [5.74, 6) is 0.979. The molecule has 1 saturated heterocycles. The second-order valence-corrected chi connectivity index (χ2v) is 3.79. The minimum atomic E-state index is 0.374. The van der Waals surface area contributed by atoms with Gasteiger partial charge in [-0.25, -0.2) is 9.97 Å². The summed E-state index contributed by atoms with van der Waals surface area (Å²) < 4.78 is 5.41. The maximum absolute atomic E-state index is 5.41. The molecule has 0 spiro atoms. The van der Waals surface area contributed by atoms with E-state index in [-0.39, 0.29) is 0 Å². The number of anilines is 1. The van der Waals surface area contributed by atoms with Crippen molar-refractivity contribution in [1.29, 1.82) is 0 Å². The van der Waals surface area contributed by atoms with Crippen LogP contribution in [-0.4, -0.2) is 41.1 Å². The number of alkyl halides is 1. The molecule has 2 rings (SSSR count). The molecule has 0 amide bonds. The third-order valence-electron chi connectivity index (χ3n) is 2.27. The summed E-state index contributed by atoms with van der Waals surface area (Å²) in [6, 6.07) is 2.31. The van der Waals surface area contributed by atoms with E-state index in [4.69, 9.17) is 4.74 Å². The first-order valence-electron chi connectivity index (χ1n) is 4.58. The van der Waals surface area contributed by atoms with Crippen molar-refractivity contribution in [3.8, 4) is 0 Å². The molecule has 1 aromatic heterocycles. The number of rotatable bonds is 2. The van der Waals surface area contributed by atoms with E-state index in [1.807, 2.05) is 6.07 Å². The van der Waals surface area contributed by atoms with Gasteiger partial charge in [-0.2, -0.15) is 0 Å². The molecule has 1 unspecified atom stereocenters. The zero-order valence-electron chi connectivity index (χ0n) is 7.77. The highest BCUT2D eigenvalue weighted by Gasteiger charge is 2.22. The molecule has 0 N–H and O–H groups in total. The fourth-order valence-corrected chi connectivity index (χ4v) is 2.07.